The summed E-state index contributed by atoms with van der Waals surface area (Å²) >= 11 is 0. The minimum atomic E-state index is -0.239. The maximum atomic E-state index is 9.43. The Morgan fingerprint density at radius 3 is 2.59 bits per heavy atom. The topological polar surface area (TPSA) is 50.7 Å². The first-order chi connectivity index (χ1) is 8.08. The molecule has 4 nitrogen and oxygen atoms in total. The highest BCUT2D eigenvalue weighted by molar-refractivity contribution is 4.84. The van der Waals surface area contributed by atoms with Crippen LogP contribution in [-0.2, 0) is 9.47 Å². The number of aliphatic hydroxyl groups excluding tert-OH is 1. The molecule has 0 aromatic carbocycles. The van der Waals surface area contributed by atoms with E-state index in [1.165, 1.54) is 0 Å². The second-order valence-electron chi connectivity index (χ2n) is 4.88. The molecule has 0 aromatic heterocycles. The van der Waals surface area contributed by atoms with Gasteiger partial charge in [0.05, 0.1) is 12.7 Å². The lowest BCUT2D eigenvalue weighted by molar-refractivity contribution is 0.0193. The van der Waals surface area contributed by atoms with Gasteiger partial charge in [0.25, 0.3) is 0 Å². The Kier molecular flexibility index (Phi) is 9.74. The van der Waals surface area contributed by atoms with Crippen molar-refractivity contribution in [2.45, 2.75) is 51.7 Å². The van der Waals surface area contributed by atoms with Gasteiger partial charge in [-0.05, 0) is 39.7 Å². The van der Waals surface area contributed by atoms with Gasteiger partial charge in [-0.1, -0.05) is 6.92 Å². The Hall–Kier alpha value is -0.160. The van der Waals surface area contributed by atoms with Crippen LogP contribution in [0.4, 0.5) is 0 Å². The molecule has 0 radical (unpaired) electrons. The maximum Gasteiger partial charge on any atom is 0.0611 e. The summed E-state index contributed by atoms with van der Waals surface area (Å²) in [5.41, 5.74) is -0.239. The average molecular weight is 247 g/mol. The van der Waals surface area contributed by atoms with Gasteiger partial charge >= 0.3 is 0 Å². The van der Waals surface area contributed by atoms with Crippen LogP contribution in [0.1, 0.15) is 40.0 Å². The molecule has 0 fully saturated rings. The molecule has 0 saturated carbocycles. The normalized spacial score (nSPS) is 16.8. The molecule has 0 rings (SSSR count). The van der Waals surface area contributed by atoms with E-state index in [-0.39, 0.29) is 18.2 Å². The van der Waals surface area contributed by atoms with Gasteiger partial charge in [0.2, 0.25) is 0 Å². The van der Waals surface area contributed by atoms with Crippen LogP contribution in [0.25, 0.3) is 0 Å². The van der Waals surface area contributed by atoms with Gasteiger partial charge in [0.1, 0.15) is 0 Å². The van der Waals surface area contributed by atoms with E-state index in [0.29, 0.717) is 6.61 Å². The van der Waals surface area contributed by atoms with Gasteiger partial charge in [0.15, 0.2) is 0 Å². The van der Waals surface area contributed by atoms with Crippen LogP contribution >= 0.6 is 0 Å². The van der Waals surface area contributed by atoms with Gasteiger partial charge in [-0.2, -0.15) is 0 Å². The molecule has 2 N–H and O–H groups in total. The number of nitrogens with one attached hydrogen (secondary N) is 1. The van der Waals surface area contributed by atoms with Gasteiger partial charge in [-0.3, -0.25) is 0 Å². The molecular weight excluding hydrogens is 218 g/mol. The van der Waals surface area contributed by atoms with E-state index < -0.39 is 0 Å². The van der Waals surface area contributed by atoms with Crippen molar-refractivity contribution >= 4 is 0 Å². The summed E-state index contributed by atoms with van der Waals surface area (Å²) in [6.07, 6.45) is 2.95. The lowest BCUT2D eigenvalue weighted by atomic mass is 9.95. The van der Waals surface area contributed by atoms with E-state index >= 15 is 0 Å². The number of methoxy groups -OCH3 is 1. The van der Waals surface area contributed by atoms with E-state index in [9.17, 15) is 5.11 Å². The predicted molar refractivity (Wildman–Crippen MR) is 70.3 cm³/mol. The van der Waals surface area contributed by atoms with Gasteiger partial charge in [0, 0.05) is 25.9 Å². The number of hydrogen-bond acceptors (Lipinski definition) is 4. The quantitative estimate of drug-likeness (QED) is 0.544. The van der Waals surface area contributed by atoms with Crippen LogP contribution in [0, 0.1) is 0 Å². The van der Waals surface area contributed by atoms with Crippen molar-refractivity contribution in [1.29, 1.82) is 0 Å². The van der Waals surface area contributed by atoms with E-state index in [4.69, 9.17) is 9.47 Å². The van der Waals surface area contributed by atoms with Crippen LogP contribution < -0.4 is 5.32 Å². The van der Waals surface area contributed by atoms with Crippen LogP contribution in [0.15, 0.2) is 0 Å². The number of rotatable bonds is 11. The number of hydrogen-bond donors (Lipinski definition) is 2. The van der Waals surface area contributed by atoms with Gasteiger partial charge in [-0.25, -0.2) is 0 Å². The molecule has 2 atom stereocenters. The molecule has 0 bridgehead atoms. The van der Waals surface area contributed by atoms with Crippen molar-refractivity contribution in [3.63, 3.8) is 0 Å². The lowest BCUT2D eigenvalue weighted by Gasteiger charge is -2.31. The Labute approximate surface area is 106 Å². The first-order valence-electron chi connectivity index (χ1n) is 6.54. The third-order valence-corrected chi connectivity index (χ3v) is 2.78. The molecule has 0 spiro atoms. The Bertz CT molecular complexity index is 178. The summed E-state index contributed by atoms with van der Waals surface area (Å²) in [5.74, 6) is 0. The van der Waals surface area contributed by atoms with Crippen LogP contribution in [0.3, 0.4) is 0 Å². The molecule has 0 aromatic rings. The minimum Gasteiger partial charge on any atom is -0.394 e. The molecule has 17 heavy (non-hydrogen) atoms. The molecule has 2 unspecified atom stereocenters. The van der Waals surface area contributed by atoms with Gasteiger partial charge in [-0.15, -0.1) is 0 Å². The SMILES string of the molecule is CCCNC(C)(CO)CC(C)OCCCOC. The smallest absolute Gasteiger partial charge is 0.0611 e. The second kappa shape index (κ2) is 9.83. The number of aliphatic hydroxyl groups is 1. The summed E-state index contributed by atoms with van der Waals surface area (Å²) in [4.78, 5) is 0. The summed E-state index contributed by atoms with van der Waals surface area (Å²) in [6, 6.07) is 0. The first-order valence-corrected chi connectivity index (χ1v) is 6.54. The van der Waals surface area contributed by atoms with E-state index in [2.05, 4.69) is 12.2 Å². The largest absolute Gasteiger partial charge is 0.394 e. The molecule has 4 heteroatoms. The standard InChI is InChI=1S/C13H29NO3/c1-5-7-14-13(3,11-15)10-12(2)17-9-6-8-16-4/h12,14-15H,5-11H2,1-4H3. The molecule has 0 aliphatic carbocycles. The fourth-order valence-electron chi connectivity index (χ4n) is 1.80. The average Bonchev–Trinajstić information content (AvgIpc) is 2.32. The van der Waals surface area contributed by atoms with E-state index in [1.807, 2.05) is 13.8 Å². The molecule has 0 amide bonds. The summed E-state index contributed by atoms with van der Waals surface area (Å²) in [6.45, 7) is 8.72. The third kappa shape index (κ3) is 8.55. The van der Waals surface area contributed by atoms with Crippen LogP contribution in [-0.4, -0.2) is 50.2 Å². The van der Waals surface area contributed by atoms with Gasteiger partial charge < -0.3 is 19.9 Å². The fourth-order valence-corrected chi connectivity index (χ4v) is 1.80. The second-order valence-corrected chi connectivity index (χ2v) is 4.88. The zero-order valence-electron chi connectivity index (χ0n) is 11.8. The number of ether oxygens (including phenoxy) is 2. The molecule has 0 saturated heterocycles. The van der Waals surface area contributed by atoms with Crippen molar-refractivity contribution in [1.82, 2.24) is 5.32 Å². The van der Waals surface area contributed by atoms with Crippen LogP contribution in [0.5, 0.6) is 0 Å². The highest BCUT2D eigenvalue weighted by Crippen LogP contribution is 2.14. The monoisotopic (exact) mass is 247 g/mol. The molecular formula is C13H29NO3. The Balaban J connectivity index is 3.83. The van der Waals surface area contributed by atoms with Crippen molar-refractivity contribution in [3.8, 4) is 0 Å². The fraction of sp³-hybridized carbons (Fsp3) is 1.00. The Morgan fingerprint density at radius 2 is 2.06 bits per heavy atom. The zero-order valence-corrected chi connectivity index (χ0v) is 11.8. The molecule has 0 heterocycles. The van der Waals surface area contributed by atoms with Crippen molar-refractivity contribution in [2.24, 2.45) is 0 Å². The highest BCUT2D eigenvalue weighted by Gasteiger charge is 2.25. The Morgan fingerprint density at radius 1 is 1.35 bits per heavy atom. The maximum absolute atomic E-state index is 9.43. The summed E-state index contributed by atoms with van der Waals surface area (Å²) in [7, 11) is 1.70. The van der Waals surface area contributed by atoms with Crippen molar-refractivity contribution in [3.05, 3.63) is 0 Å². The lowest BCUT2D eigenvalue weighted by Crippen LogP contribution is -2.48. The first kappa shape index (κ1) is 16.8. The molecule has 0 aliphatic heterocycles. The predicted octanol–water partition coefficient (Wildman–Crippen LogP) is 1.57. The van der Waals surface area contributed by atoms with Crippen molar-refractivity contribution in [2.75, 3.05) is 33.5 Å². The summed E-state index contributed by atoms with van der Waals surface area (Å²) in [5, 5.41) is 12.8. The van der Waals surface area contributed by atoms with E-state index in [1.54, 1.807) is 7.11 Å². The van der Waals surface area contributed by atoms with Crippen LogP contribution in [0.2, 0.25) is 0 Å². The minimum absolute atomic E-state index is 0.138. The summed E-state index contributed by atoms with van der Waals surface area (Å²) < 4.78 is 10.7. The van der Waals surface area contributed by atoms with Crippen molar-refractivity contribution < 1.29 is 14.6 Å². The molecule has 104 valence electrons. The highest BCUT2D eigenvalue weighted by atomic mass is 16.5. The third-order valence-electron chi connectivity index (χ3n) is 2.78. The van der Waals surface area contributed by atoms with E-state index in [0.717, 1.165) is 32.4 Å². The molecule has 0 aliphatic rings. The zero-order chi connectivity index (χ0) is 13.1.